The molecule has 1 aliphatic heterocycles. The quantitative estimate of drug-likeness (QED) is 0.643. The molecule has 0 spiro atoms. The van der Waals surface area contributed by atoms with Crippen molar-refractivity contribution in [3.05, 3.63) is 0 Å². The van der Waals surface area contributed by atoms with E-state index in [9.17, 15) is 0 Å². The smallest absolute Gasteiger partial charge is 0.0737 e. The van der Waals surface area contributed by atoms with E-state index < -0.39 is 0 Å². The molecule has 1 rings (SSSR count). The molecule has 0 saturated carbocycles. The van der Waals surface area contributed by atoms with Gasteiger partial charge in [0.05, 0.1) is 6.10 Å². The summed E-state index contributed by atoms with van der Waals surface area (Å²) in [5, 5.41) is 3.37. The second-order valence-electron chi connectivity index (χ2n) is 3.34. The van der Waals surface area contributed by atoms with Gasteiger partial charge in [0.1, 0.15) is 0 Å². The minimum atomic E-state index is 0.266. The number of ether oxygens (including phenoxy) is 1. The van der Waals surface area contributed by atoms with Crippen molar-refractivity contribution in [2.24, 2.45) is 11.7 Å². The molecule has 0 bridgehead atoms. The average molecular weight is 172 g/mol. The molecule has 1 heterocycles. The number of rotatable bonds is 4. The molecule has 3 heteroatoms. The van der Waals surface area contributed by atoms with Gasteiger partial charge in [-0.3, -0.25) is 0 Å². The van der Waals surface area contributed by atoms with E-state index in [2.05, 4.69) is 5.32 Å². The van der Waals surface area contributed by atoms with Crippen LogP contribution in [0, 0.1) is 5.92 Å². The molecule has 1 saturated heterocycles. The van der Waals surface area contributed by atoms with E-state index in [4.69, 9.17) is 10.5 Å². The van der Waals surface area contributed by atoms with E-state index in [1.54, 1.807) is 0 Å². The van der Waals surface area contributed by atoms with Crippen LogP contribution < -0.4 is 11.1 Å². The molecule has 1 fully saturated rings. The van der Waals surface area contributed by atoms with Gasteiger partial charge >= 0.3 is 0 Å². The molecule has 12 heavy (non-hydrogen) atoms. The Morgan fingerprint density at radius 3 is 3.00 bits per heavy atom. The zero-order valence-electron chi connectivity index (χ0n) is 7.88. The number of hydrogen-bond acceptors (Lipinski definition) is 3. The van der Waals surface area contributed by atoms with Crippen LogP contribution >= 0.6 is 0 Å². The Kier molecular flexibility index (Phi) is 4.58. The number of nitrogens with two attached hydrogens (primary N) is 1. The lowest BCUT2D eigenvalue weighted by Gasteiger charge is -2.29. The summed E-state index contributed by atoms with van der Waals surface area (Å²) in [6.07, 6.45) is 2.78. The third kappa shape index (κ3) is 2.73. The first-order valence-corrected chi connectivity index (χ1v) is 4.90. The van der Waals surface area contributed by atoms with Crippen LogP contribution in [0.5, 0.6) is 0 Å². The normalized spacial score (nSPS) is 27.0. The van der Waals surface area contributed by atoms with Crippen LogP contribution in [0.15, 0.2) is 0 Å². The third-order valence-corrected chi connectivity index (χ3v) is 2.47. The van der Waals surface area contributed by atoms with Gasteiger partial charge in [-0.05, 0) is 32.2 Å². The molecular formula is C9H20N2O. The van der Waals surface area contributed by atoms with Crippen molar-refractivity contribution in [3.63, 3.8) is 0 Å². The van der Waals surface area contributed by atoms with Crippen LogP contribution in [-0.2, 0) is 4.74 Å². The topological polar surface area (TPSA) is 47.3 Å². The summed E-state index contributed by atoms with van der Waals surface area (Å²) in [5.41, 5.74) is 5.64. The molecule has 3 N–H and O–H groups in total. The maximum atomic E-state index is 5.64. The Labute approximate surface area is 74.7 Å². The van der Waals surface area contributed by atoms with Crippen molar-refractivity contribution in [1.29, 1.82) is 0 Å². The van der Waals surface area contributed by atoms with Gasteiger partial charge in [-0.1, -0.05) is 0 Å². The first kappa shape index (κ1) is 9.96. The van der Waals surface area contributed by atoms with E-state index in [0.717, 1.165) is 19.7 Å². The summed E-state index contributed by atoms with van der Waals surface area (Å²) in [5.74, 6) is 0.628. The molecule has 3 nitrogen and oxygen atoms in total. The van der Waals surface area contributed by atoms with Crippen LogP contribution in [0.1, 0.15) is 19.8 Å². The van der Waals surface area contributed by atoms with E-state index in [1.165, 1.54) is 12.8 Å². The van der Waals surface area contributed by atoms with Crippen molar-refractivity contribution in [1.82, 2.24) is 5.32 Å². The standard InChI is InChI=1S/C9H20N2O/c1-2-12-9(6-10)8-4-3-5-11-7-8/h8-9,11H,2-7,10H2,1H3. The maximum absolute atomic E-state index is 5.64. The fraction of sp³-hybridized carbons (Fsp3) is 1.00. The van der Waals surface area contributed by atoms with Crippen LogP contribution in [-0.4, -0.2) is 32.3 Å². The molecule has 0 aromatic carbocycles. The molecule has 2 unspecified atom stereocenters. The molecule has 72 valence electrons. The van der Waals surface area contributed by atoms with Gasteiger partial charge in [-0.15, -0.1) is 0 Å². The predicted molar refractivity (Wildman–Crippen MR) is 50.1 cm³/mol. The molecule has 0 radical (unpaired) electrons. The van der Waals surface area contributed by atoms with Gasteiger partial charge in [0.2, 0.25) is 0 Å². The number of piperidine rings is 1. The molecule has 1 aliphatic rings. The van der Waals surface area contributed by atoms with Gasteiger partial charge < -0.3 is 15.8 Å². The fourth-order valence-electron chi connectivity index (χ4n) is 1.81. The van der Waals surface area contributed by atoms with Crippen LogP contribution in [0.4, 0.5) is 0 Å². The molecular weight excluding hydrogens is 152 g/mol. The van der Waals surface area contributed by atoms with Crippen LogP contribution in [0.3, 0.4) is 0 Å². The lowest BCUT2D eigenvalue weighted by Crippen LogP contribution is -2.41. The number of nitrogens with one attached hydrogen (secondary N) is 1. The van der Waals surface area contributed by atoms with Crippen molar-refractivity contribution < 1.29 is 4.74 Å². The van der Waals surface area contributed by atoms with E-state index >= 15 is 0 Å². The van der Waals surface area contributed by atoms with Crippen molar-refractivity contribution in [2.45, 2.75) is 25.9 Å². The zero-order chi connectivity index (χ0) is 8.81. The summed E-state index contributed by atoms with van der Waals surface area (Å²) in [6, 6.07) is 0. The lowest BCUT2D eigenvalue weighted by atomic mass is 9.94. The highest BCUT2D eigenvalue weighted by atomic mass is 16.5. The van der Waals surface area contributed by atoms with E-state index in [0.29, 0.717) is 12.5 Å². The minimum Gasteiger partial charge on any atom is -0.377 e. The first-order valence-electron chi connectivity index (χ1n) is 4.90. The van der Waals surface area contributed by atoms with Crippen molar-refractivity contribution in [2.75, 3.05) is 26.2 Å². The van der Waals surface area contributed by atoms with Crippen molar-refractivity contribution in [3.8, 4) is 0 Å². The Morgan fingerprint density at radius 1 is 1.67 bits per heavy atom. The average Bonchev–Trinajstić information content (AvgIpc) is 2.15. The molecule has 0 aliphatic carbocycles. The summed E-state index contributed by atoms with van der Waals surface area (Å²) in [7, 11) is 0. The first-order chi connectivity index (χ1) is 5.88. The van der Waals surface area contributed by atoms with Crippen LogP contribution in [0.2, 0.25) is 0 Å². The SMILES string of the molecule is CCOC(CN)C1CCCNC1. The summed E-state index contributed by atoms with van der Waals surface area (Å²) < 4.78 is 5.57. The Hall–Kier alpha value is -0.120. The Balaban J connectivity index is 2.29. The van der Waals surface area contributed by atoms with Gasteiger partial charge in [0.15, 0.2) is 0 Å². The van der Waals surface area contributed by atoms with Gasteiger partial charge in [0, 0.05) is 19.7 Å². The van der Waals surface area contributed by atoms with Crippen LogP contribution in [0.25, 0.3) is 0 Å². The van der Waals surface area contributed by atoms with E-state index in [-0.39, 0.29) is 6.10 Å². The lowest BCUT2D eigenvalue weighted by molar-refractivity contribution is 0.0182. The highest BCUT2D eigenvalue weighted by Crippen LogP contribution is 2.16. The van der Waals surface area contributed by atoms with Gasteiger partial charge in [0.25, 0.3) is 0 Å². The largest absolute Gasteiger partial charge is 0.377 e. The second kappa shape index (κ2) is 5.51. The van der Waals surface area contributed by atoms with Crippen molar-refractivity contribution >= 4 is 0 Å². The fourth-order valence-corrected chi connectivity index (χ4v) is 1.81. The second-order valence-corrected chi connectivity index (χ2v) is 3.34. The summed E-state index contributed by atoms with van der Waals surface area (Å²) in [4.78, 5) is 0. The predicted octanol–water partition coefficient (Wildman–Crippen LogP) is 0.350. The number of hydrogen-bond donors (Lipinski definition) is 2. The third-order valence-electron chi connectivity index (χ3n) is 2.47. The Bertz CT molecular complexity index is 110. The molecule has 0 amide bonds. The summed E-state index contributed by atoms with van der Waals surface area (Å²) in [6.45, 7) is 5.68. The molecule has 0 aromatic rings. The molecule has 2 atom stereocenters. The minimum absolute atomic E-state index is 0.266. The maximum Gasteiger partial charge on any atom is 0.0737 e. The monoisotopic (exact) mass is 172 g/mol. The van der Waals surface area contributed by atoms with Gasteiger partial charge in [-0.2, -0.15) is 0 Å². The summed E-state index contributed by atoms with van der Waals surface area (Å²) >= 11 is 0. The highest BCUT2D eigenvalue weighted by molar-refractivity contribution is 4.77. The highest BCUT2D eigenvalue weighted by Gasteiger charge is 2.22. The van der Waals surface area contributed by atoms with E-state index in [1.807, 2.05) is 6.92 Å². The van der Waals surface area contributed by atoms with Gasteiger partial charge in [-0.25, -0.2) is 0 Å². The molecule has 0 aromatic heterocycles. The Morgan fingerprint density at radius 2 is 2.50 bits per heavy atom. The zero-order valence-corrected chi connectivity index (χ0v) is 7.88.